The molecule has 0 saturated carbocycles. The van der Waals surface area contributed by atoms with Crippen LogP contribution in [0.25, 0.3) is 11.3 Å². The number of hydrogen-bond acceptors (Lipinski definition) is 4. The molecule has 2 aromatic rings. The molecule has 108 valence electrons. The molecule has 0 saturated heterocycles. The smallest absolute Gasteiger partial charge is 0.117 e. The Morgan fingerprint density at radius 3 is 2.75 bits per heavy atom. The van der Waals surface area contributed by atoms with Crippen molar-refractivity contribution in [2.75, 3.05) is 19.8 Å². The Kier molecular flexibility index (Phi) is 5.70. The number of ether oxygens (including phenoxy) is 1. The molecule has 2 N–H and O–H groups in total. The van der Waals surface area contributed by atoms with Gasteiger partial charge in [-0.2, -0.15) is 15.4 Å². The van der Waals surface area contributed by atoms with Crippen molar-refractivity contribution in [1.29, 1.82) is 0 Å². The lowest BCUT2D eigenvalue weighted by Gasteiger charge is -2.07. The van der Waals surface area contributed by atoms with Crippen molar-refractivity contribution in [1.82, 2.24) is 20.7 Å². The zero-order valence-corrected chi connectivity index (χ0v) is 12.1. The Morgan fingerprint density at radius 2 is 2.00 bits per heavy atom. The van der Waals surface area contributed by atoms with E-state index in [4.69, 9.17) is 4.74 Å². The third-order valence-corrected chi connectivity index (χ3v) is 2.83. The molecule has 0 fully saturated rings. The Labute approximate surface area is 119 Å². The van der Waals surface area contributed by atoms with E-state index in [1.54, 1.807) is 0 Å². The van der Waals surface area contributed by atoms with E-state index in [1.165, 1.54) is 0 Å². The van der Waals surface area contributed by atoms with E-state index in [2.05, 4.69) is 34.6 Å². The summed E-state index contributed by atoms with van der Waals surface area (Å²) in [6.45, 7) is 7.32. The van der Waals surface area contributed by atoms with Crippen molar-refractivity contribution in [2.24, 2.45) is 5.92 Å². The minimum absolute atomic E-state index is 0.579. The lowest BCUT2D eigenvalue weighted by Crippen LogP contribution is -2.20. The van der Waals surface area contributed by atoms with Crippen molar-refractivity contribution in [2.45, 2.75) is 20.4 Å². The van der Waals surface area contributed by atoms with Gasteiger partial charge in [-0.3, -0.25) is 0 Å². The summed E-state index contributed by atoms with van der Waals surface area (Å²) in [6, 6.07) is 10.1. The highest BCUT2D eigenvalue weighted by Crippen LogP contribution is 2.18. The summed E-state index contributed by atoms with van der Waals surface area (Å²) in [6.07, 6.45) is 0. The van der Waals surface area contributed by atoms with Gasteiger partial charge in [0.25, 0.3) is 0 Å². The fraction of sp³-hybridized carbons (Fsp3) is 0.467. The van der Waals surface area contributed by atoms with Crippen LogP contribution in [0.1, 0.15) is 19.5 Å². The highest BCUT2D eigenvalue weighted by molar-refractivity contribution is 5.60. The van der Waals surface area contributed by atoms with E-state index in [-0.39, 0.29) is 0 Å². The second kappa shape index (κ2) is 7.77. The van der Waals surface area contributed by atoms with Crippen LogP contribution in [0.5, 0.6) is 0 Å². The van der Waals surface area contributed by atoms with E-state index in [1.807, 2.05) is 30.3 Å². The Morgan fingerprint density at radius 1 is 1.20 bits per heavy atom. The van der Waals surface area contributed by atoms with Gasteiger partial charge >= 0.3 is 0 Å². The summed E-state index contributed by atoms with van der Waals surface area (Å²) >= 11 is 0. The van der Waals surface area contributed by atoms with Crippen molar-refractivity contribution < 1.29 is 4.74 Å². The number of nitrogens with one attached hydrogen (secondary N) is 2. The van der Waals surface area contributed by atoms with E-state index in [9.17, 15) is 0 Å². The van der Waals surface area contributed by atoms with Gasteiger partial charge in [0.15, 0.2) is 0 Å². The Hall–Kier alpha value is -1.72. The summed E-state index contributed by atoms with van der Waals surface area (Å²) in [5, 5.41) is 14.4. The lowest BCUT2D eigenvalue weighted by atomic mass is 10.1. The van der Waals surface area contributed by atoms with E-state index in [0.29, 0.717) is 12.5 Å². The number of H-pyrrole nitrogens is 1. The van der Waals surface area contributed by atoms with Gasteiger partial charge in [0.2, 0.25) is 0 Å². The number of nitrogens with zero attached hydrogens (tertiary/aromatic N) is 2. The predicted octanol–water partition coefficient (Wildman–Crippen LogP) is 2.23. The van der Waals surface area contributed by atoms with Gasteiger partial charge in [-0.1, -0.05) is 44.2 Å². The zero-order chi connectivity index (χ0) is 14.2. The van der Waals surface area contributed by atoms with Crippen molar-refractivity contribution >= 4 is 0 Å². The summed E-state index contributed by atoms with van der Waals surface area (Å²) in [5.74, 6) is 0.579. The van der Waals surface area contributed by atoms with Crippen molar-refractivity contribution in [3.8, 4) is 11.3 Å². The molecule has 0 atom stereocenters. The van der Waals surface area contributed by atoms with Crippen LogP contribution in [0.2, 0.25) is 0 Å². The molecule has 5 heteroatoms. The van der Waals surface area contributed by atoms with E-state index < -0.39 is 0 Å². The number of benzene rings is 1. The molecule has 0 amide bonds. The van der Waals surface area contributed by atoms with Crippen molar-refractivity contribution in [3.05, 3.63) is 36.0 Å². The number of hydrogen-bond donors (Lipinski definition) is 2. The quantitative estimate of drug-likeness (QED) is 0.725. The molecule has 1 heterocycles. The van der Waals surface area contributed by atoms with Crippen LogP contribution in [0.4, 0.5) is 0 Å². The first-order valence-electron chi connectivity index (χ1n) is 7.01. The molecule has 0 bridgehead atoms. The maximum Gasteiger partial charge on any atom is 0.117 e. The summed E-state index contributed by atoms with van der Waals surface area (Å²) < 4.78 is 5.52. The van der Waals surface area contributed by atoms with Crippen LogP contribution in [0, 0.1) is 5.92 Å². The highest BCUT2D eigenvalue weighted by Gasteiger charge is 2.09. The number of rotatable bonds is 8. The van der Waals surface area contributed by atoms with Crippen LogP contribution in [0.15, 0.2) is 30.3 Å². The van der Waals surface area contributed by atoms with Gasteiger partial charge in [0.1, 0.15) is 11.4 Å². The van der Waals surface area contributed by atoms with E-state index >= 15 is 0 Å². The SMILES string of the molecule is CC(C)COCCNCc1n[nH]nc1-c1ccccc1. The molecule has 1 aromatic carbocycles. The Balaban J connectivity index is 1.78. The predicted molar refractivity (Wildman–Crippen MR) is 79.2 cm³/mol. The second-order valence-corrected chi connectivity index (χ2v) is 5.13. The number of aromatic nitrogens is 3. The molecule has 0 spiro atoms. The molecule has 0 unspecified atom stereocenters. The van der Waals surface area contributed by atoms with Crippen molar-refractivity contribution in [3.63, 3.8) is 0 Å². The standard InChI is InChI=1S/C15H22N4O/c1-12(2)11-20-9-8-16-10-14-15(18-19-17-14)13-6-4-3-5-7-13/h3-7,12,16H,8-11H2,1-2H3,(H,17,18,19). The topological polar surface area (TPSA) is 62.8 Å². The summed E-state index contributed by atoms with van der Waals surface area (Å²) in [5.41, 5.74) is 2.91. The monoisotopic (exact) mass is 274 g/mol. The molecular formula is C15H22N4O. The van der Waals surface area contributed by atoms with Gasteiger partial charge < -0.3 is 10.1 Å². The van der Waals surface area contributed by atoms with Crippen LogP contribution in [-0.4, -0.2) is 35.2 Å². The average molecular weight is 274 g/mol. The van der Waals surface area contributed by atoms with Gasteiger partial charge in [0, 0.05) is 25.3 Å². The van der Waals surface area contributed by atoms with Crippen LogP contribution in [-0.2, 0) is 11.3 Å². The van der Waals surface area contributed by atoms with Gasteiger partial charge in [-0.15, -0.1) is 0 Å². The summed E-state index contributed by atoms with van der Waals surface area (Å²) in [7, 11) is 0. The molecule has 0 aliphatic carbocycles. The molecule has 0 aliphatic heterocycles. The molecular weight excluding hydrogens is 252 g/mol. The first-order valence-corrected chi connectivity index (χ1v) is 7.01. The highest BCUT2D eigenvalue weighted by atomic mass is 16.5. The van der Waals surface area contributed by atoms with Gasteiger partial charge in [-0.05, 0) is 5.92 Å². The number of aromatic amines is 1. The van der Waals surface area contributed by atoms with E-state index in [0.717, 1.165) is 36.7 Å². The Bertz CT molecular complexity index is 496. The fourth-order valence-corrected chi connectivity index (χ4v) is 1.87. The first-order chi connectivity index (χ1) is 9.77. The average Bonchev–Trinajstić information content (AvgIpc) is 2.92. The third-order valence-electron chi connectivity index (χ3n) is 2.83. The molecule has 1 aromatic heterocycles. The van der Waals surface area contributed by atoms with Gasteiger partial charge in [-0.25, -0.2) is 0 Å². The molecule has 0 aliphatic rings. The normalized spacial score (nSPS) is 11.2. The van der Waals surface area contributed by atoms with Crippen LogP contribution in [0.3, 0.4) is 0 Å². The second-order valence-electron chi connectivity index (χ2n) is 5.13. The minimum Gasteiger partial charge on any atom is -0.380 e. The van der Waals surface area contributed by atoms with Crippen LogP contribution >= 0.6 is 0 Å². The molecule has 2 rings (SSSR count). The first kappa shape index (κ1) is 14.7. The fourth-order valence-electron chi connectivity index (χ4n) is 1.87. The van der Waals surface area contributed by atoms with Gasteiger partial charge in [0.05, 0.1) is 6.61 Å². The maximum absolute atomic E-state index is 5.52. The summed E-state index contributed by atoms with van der Waals surface area (Å²) in [4.78, 5) is 0. The lowest BCUT2D eigenvalue weighted by molar-refractivity contribution is 0.111. The van der Waals surface area contributed by atoms with Crippen LogP contribution < -0.4 is 5.32 Å². The molecule has 20 heavy (non-hydrogen) atoms. The zero-order valence-electron chi connectivity index (χ0n) is 12.1. The molecule has 5 nitrogen and oxygen atoms in total. The molecule has 0 radical (unpaired) electrons. The minimum atomic E-state index is 0.579. The maximum atomic E-state index is 5.52. The third kappa shape index (κ3) is 4.43. The largest absolute Gasteiger partial charge is 0.380 e.